The number of hydrogen-bond acceptors (Lipinski definition) is 7. The van der Waals surface area contributed by atoms with Crippen LogP contribution in [0.1, 0.15) is 26.0 Å². The van der Waals surface area contributed by atoms with E-state index in [1.54, 1.807) is 0 Å². The lowest BCUT2D eigenvalue weighted by Crippen LogP contribution is -2.57. The molecule has 3 atom stereocenters. The minimum atomic E-state index is -1.22. The van der Waals surface area contributed by atoms with Crippen molar-refractivity contribution in [2.45, 2.75) is 44.8 Å². The van der Waals surface area contributed by atoms with Gasteiger partial charge in [-0.15, -0.1) is 0 Å². The highest BCUT2D eigenvalue weighted by Gasteiger charge is 2.28. The SMILES string of the molecule is CC(C)CC(N)C(=O)NC(Cc1cnc[nH]1)C(=O)NC(CS)C(=O)NCC(=O)O. The van der Waals surface area contributed by atoms with Crippen LogP contribution in [0, 0.1) is 5.92 Å². The number of hydrogen-bond donors (Lipinski definition) is 7. The molecule has 162 valence electrons. The number of aromatic nitrogens is 2. The van der Waals surface area contributed by atoms with Crippen molar-refractivity contribution < 1.29 is 24.3 Å². The van der Waals surface area contributed by atoms with E-state index in [4.69, 9.17) is 10.8 Å². The molecule has 0 saturated carbocycles. The smallest absolute Gasteiger partial charge is 0.322 e. The summed E-state index contributed by atoms with van der Waals surface area (Å²) in [5.74, 6) is -2.90. The Bertz CT molecular complexity index is 696. The second-order valence-electron chi connectivity index (χ2n) is 6.93. The van der Waals surface area contributed by atoms with Crippen molar-refractivity contribution in [2.24, 2.45) is 11.7 Å². The Morgan fingerprint density at radius 3 is 2.34 bits per heavy atom. The van der Waals surface area contributed by atoms with Crippen LogP contribution in [0.15, 0.2) is 12.5 Å². The molecule has 0 aliphatic heterocycles. The van der Waals surface area contributed by atoms with E-state index in [0.29, 0.717) is 12.1 Å². The third-order valence-electron chi connectivity index (χ3n) is 3.90. The number of rotatable bonds is 12. The number of carboxylic acids is 1. The number of carbonyl (C=O) groups excluding carboxylic acids is 3. The monoisotopic (exact) mass is 428 g/mol. The lowest BCUT2D eigenvalue weighted by Gasteiger charge is -2.23. The van der Waals surface area contributed by atoms with Gasteiger partial charge in [-0.1, -0.05) is 13.8 Å². The first kappa shape index (κ1) is 24.4. The molecular formula is C17H28N6O5S. The fourth-order valence-electron chi connectivity index (χ4n) is 2.47. The summed E-state index contributed by atoms with van der Waals surface area (Å²) >= 11 is 4.03. The fourth-order valence-corrected chi connectivity index (χ4v) is 2.73. The number of amides is 3. The van der Waals surface area contributed by atoms with Crippen molar-refractivity contribution in [2.75, 3.05) is 12.3 Å². The summed E-state index contributed by atoms with van der Waals surface area (Å²) in [5.41, 5.74) is 6.49. The summed E-state index contributed by atoms with van der Waals surface area (Å²) in [5, 5.41) is 15.9. The number of thiol groups is 1. The lowest BCUT2D eigenvalue weighted by molar-refractivity contribution is -0.138. The van der Waals surface area contributed by atoms with Crippen LogP contribution in [-0.2, 0) is 25.6 Å². The first-order valence-corrected chi connectivity index (χ1v) is 9.71. The van der Waals surface area contributed by atoms with Gasteiger partial charge in [0.05, 0.1) is 12.4 Å². The number of nitrogens with one attached hydrogen (secondary N) is 4. The number of aromatic amines is 1. The molecule has 0 spiro atoms. The Morgan fingerprint density at radius 1 is 1.17 bits per heavy atom. The van der Waals surface area contributed by atoms with Gasteiger partial charge in [-0.05, 0) is 12.3 Å². The van der Waals surface area contributed by atoms with E-state index in [1.807, 2.05) is 13.8 Å². The zero-order chi connectivity index (χ0) is 22.0. The van der Waals surface area contributed by atoms with E-state index in [9.17, 15) is 19.2 Å². The zero-order valence-electron chi connectivity index (χ0n) is 16.3. The molecule has 3 unspecified atom stereocenters. The van der Waals surface area contributed by atoms with Crippen LogP contribution < -0.4 is 21.7 Å². The van der Waals surface area contributed by atoms with E-state index < -0.39 is 48.4 Å². The molecule has 0 fully saturated rings. The predicted molar refractivity (Wildman–Crippen MR) is 108 cm³/mol. The van der Waals surface area contributed by atoms with Gasteiger partial charge in [0.2, 0.25) is 17.7 Å². The molecule has 12 heteroatoms. The van der Waals surface area contributed by atoms with Crippen LogP contribution in [0.25, 0.3) is 0 Å². The molecule has 0 radical (unpaired) electrons. The molecule has 1 aromatic heterocycles. The Kier molecular flexibility index (Phi) is 10.2. The molecule has 0 aliphatic carbocycles. The van der Waals surface area contributed by atoms with Gasteiger partial charge in [0.1, 0.15) is 18.6 Å². The first-order valence-electron chi connectivity index (χ1n) is 9.08. The van der Waals surface area contributed by atoms with Gasteiger partial charge in [0.15, 0.2) is 0 Å². The van der Waals surface area contributed by atoms with E-state index in [1.165, 1.54) is 12.5 Å². The molecule has 1 aromatic rings. The summed E-state index contributed by atoms with van der Waals surface area (Å²) in [6.07, 6.45) is 3.49. The maximum Gasteiger partial charge on any atom is 0.322 e. The first-order chi connectivity index (χ1) is 13.6. The van der Waals surface area contributed by atoms with Crippen molar-refractivity contribution in [3.8, 4) is 0 Å². The molecule has 0 aromatic carbocycles. The molecule has 3 amide bonds. The molecule has 0 aliphatic rings. The van der Waals surface area contributed by atoms with Crippen LogP contribution in [-0.4, -0.2) is 69.2 Å². The molecular weight excluding hydrogens is 400 g/mol. The number of imidazole rings is 1. The second-order valence-corrected chi connectivity index (χ2v) is 7.30. The largest absolute Gasteiger partial charge is 0.480 e. The summed E-state index contributed by atoms with van der Waals surface area (Å²) in [6.45, 7) is 3.27. The molecule has 0 saturated heterocycles. The molecule has 0 bridgehead atoms. The maximum atomic E-state index is 12.7. The van der Waals surface area contributed by atoms with Crippen LogP contribution >= 0.6 is 12.6 Å². The van der Waals surface area contributed by atoms with E-state index in [-0.39, 0.29) is 18.1 Å². The van der Waals surface area contributed by atoms with E-state index in [0.717, 1.165) is 0 Å². The number of H-pyrrole nitrogens is 1. The van der Waals surface area contributed by atoms with Gasteiger partial charge in [0, 0.05) is 24.1 Å². The predicted octanol–water partition coefficient (Wildman–Crippen LogP) is -1.57. The third kappa shape index (κ3) is 8.96. The molecule has 7 N–H and O–H groups in total. The van der Waals surface area contributed by atoms with Crippen LogP contribution in [0.3, 0.4) is 0 Å². The van der Waals surface area contributed by atoms with Crippen molar-refractivity contribution >= 4 is 36.3 Å². The standard InChI is InChI=1S/C17H28N6O5S/c1-9(2)3-11(18)15(26)22-12(4-10-5-19-8-21-10)17(28)23-13(7-29)16(27)20-6-14(24)25/h5,8-9,11-13,29H,3-4,6-7,18H2,1-2H3,(H,19,21)(H,20,27)(H,22,26)(H,23,28)(H,24,25). The molecule has 1 rings (SSSR count). The highest BCUT2D eigenvalue weighted by atomic mass is 32.1. The molecule has 11 nitrogen and oxygen atoms in total. The Morgan fingerprint density at radius 2 is 1.83 bits per heavy atom. The van der Waals surface area contributed by atoms with Crippen LogP contribution in [0.2, 0.25) is 0 Å². The van der Waals surface area contributed by atoms with Crippen molar-refractivity contribution in [3.05, 3.63) is 18.2 Å². The van der Waals surface area contributed by atoms with Crippen LogP contribution in [0.5, 0.6) is 0 Å². The van der Waals surface area contributed by atoms with E-state index in [2.05, 4.69) is 38.5 Å². The zero-order valence-corrected chi connectivity index (χ0v) is 17.2. The Balaban J connectivity index is 2.84. The minimum Gasteiger partial charge on any atom is -0.480 e. The number of nitrogens with zero attached hydrogens (tertiary/aromatic N) is 1. The quantitative estimate of drug-likeness (QED) is 0.196. The average Bonchev–Trinajstić information content (AvgIpc) is 3.15. The Hall–Kier alpha value is -2.60. The van der Waals surface area contributed by atoms with Crippen molar-refractivity contribution in [1.29, 1.82) is 0 Å². The summed E-state index contributed by atoms with van der Waals surface area (Å²) in [6, 6.07) is -2.88. The van der Waals surface area contributed by atoms with Gasteiger partial charge in [-0.25, -0.2) is 4.98 Å². The molecule has 29 heavy (non-hydrogen) atoms. The van der Waals surface area contributed by atoms with E-state index >= 15 is 0 Å². The van der Waals surface area contributed by atoms with Gasteiger partial charge in [-0.3, -0.25) is 19.2 Å². The topological polar surface area (TPSA) is 179 Å². The summed E-state index contributed by atoms with van der Waals surface area (Å²) in [7, 11) is 0. The number of carboxylic acid groups (broad SMARTS) is 1. The minimum absolute atomic E-state index is 0.0607. The number of nitrogens with two attached hydrogens (primary N) is 1. The van der Waals surface area contributed by atoms with Crippen molar-refractivity contribution in [3.63, 3.8) is 0 Å². The summed E-state index contributed by atoms with van der Waals surface area (Å²) in [4.78, 5) is 54.5. The van der Waals surface area contributed by atoms with Gasteiger partial charge < -0.3 is 31.8 Å². The lowest BCUT2D eigenvalue weighted by atomic mass is 10.0. The molecule has 1 heterocycles. The highest BCUT2D eigenvalue weighted by Crippen LogP contribution is 2.05. The number of aliphatic carboxylic acids is 1. The fraction of sp³-hybridized carbons (Fsp3) is 0.588. The third-order valence-corrected chi connectivity index (χ3v) is 4.27. The van der Waals surface area contributed by atoms with Crippen molar-refractivity contribution in [1.82, 2.24) is 25.9 Å². The van der Waals surface area contributed by atoms with Gasteiger partial charge in [0.25, 0.3) is 0 Å². The normalized spacial score (nSPS) is 14.0. The average molecular weight is 429 g/mol. The summed E-state index contributed by atoms with van der Waals surface area (Å²) < 4.78 is 0. The highest BCUT2D eigenvalue weighted by molar-refractivity contribution is 7.80. The van der Waals surface area contributed by atoms with Gasteiger partial charge in [-0.2, -0.15) is 12.6 Å². The maximum absolute atomic E-state index is 12.7. The van der Waals surface area contributed by atoms with Gasteiger partial charge >= 0.3 is 5.97 Å². The van der Waals surface area contributed by atoms with Crippen LogP contribution in [0.4, 0.5) is 0 Å². The second kappa shape index (κ2) is 12.1. The Labute approximate surface area is 174 Å². The number of carbonyl (C=O) groups is 4.